The van der Waals surface area contributed by atoms with Crippen LogP contribution in [0.2, 0.25) is 5.02 Å². The van der Waals surface area contributed by atoms with E-state index < -0.39 is 0 Å². The molecular weight excluding hydrogens is 402 g/mol. The number of amides is 1. The Balaban J connectivity index is 1.62. The zero-order valence-electron chi connectivity index (χ0n) is 16.8. The Labute approximate surface area is 177 Å². The summed E-state index contributed by atoms with van der Waals surface area (Å²) < 4.78 is 2.91. The summed E-state index contributed by atoms with van der Waals surface area (Å²) in [7, 11) is 0. The van der Waals surface area contributed by atoms with Crippen LogP contribution in [0.15, 0.2) is 53.7 Å². The second kappa shape index (κ2) is 7.76. The molecule has 2 heterocycles. The highest BCUT2D eigenvalue weighted by atomic mass is 35.5. The molecule has 0 saturated heterocycles. The van der Waals surface area contributed by atoms with Gasteiger partial charge in [0.1, 0.15) is 18.3 Å². The number of nitrogens with zero attached hydrogens (tertiary/aromatic N) is 4. The van der Waals surface area contributed by atoms with Crippen molar-refractivity contribution in [1.29, 1.82) is 0 Å². The van der Waals surface area contributed by atoms with E-state index in [2.05, 4.69) is 15.4 Å². The number of hydrogen-bond acceptors (Lipinski definition) is 4. The second-order valence-corrected chi connectivity index (χ2v) is 7.68. The molecule has 4 aromatic rings. The lowest BCUT2D eigenvalue weighted by Gasteiger charge is -2.10. The van der Waals surface area contributed by atoms with Crippen LogP contribution in [0, 0.1) is 20.8 Å². The van der Waals surface area contributed by atoms with Gasteiger partial charge in [-0.15, -0.1) is 0 Å². The molecule has 7 nitrogen and oxygen atoms in total. The zero-order valence-corrected chi connectivity index (χ0v) is 17.6. The number of rotatable bonds is 4. The first kappa shape index (κ1) is 19.8. The summed E-state index contributed by atoms with van der Waals surface area (Å²) in [5.41, 5.74) is 4.64. The molecule has 2 aromatic heterocycles. The second-order valence-electron chi connectivity index (χ2n) is 7.27. The van der Waals surface area contributed by atoms with E-state index in [1.54, 1.807) is 16.8 Å². The van der Waals surface area contributed by atoms with E-state index in [9.17, 15) is 9.59 Å². The Morgan fingerprint density at radius 1 is 1.10 bits per heavy atom. The molecule has 4 rings (SSSR count). The quantitative estimate of drug-likeness (QED) is 0.543. The van der Waals surface area contributed by atoms with Crippen molar-refractivity contribution in [3.63, 3.8) is 0 Å². The Morgan fingerprint density at radius 2 is 1.90 bits per heavy atom. The van der Waals surface area contributed by atoms with Crippen LogP contribution in [0.25, 0.3) is 16.7 Å². The molecule has 0 atom stereocenters. The predicted molar refractivity (Wildman–Crippen MR) is 117 cm³/mol. The predicted octanol–water partition coefficient (Wildman–Crippen LogP) is 3.80. The van der Waals surface area contributed by atoms with Crippen molar-refractivity contribution in [3.8, 4) is 5.69 Å². The zero-order chi connectivity index (χ0) is 21.4. The molecule has 8 heteroatoms. The van der Waals surface area contributed by atoms with Gasteiger partial charge in [0, 0.05) is 10.7 Å². The van der Waals surface area contributed by atoms with Gasteiger partial charge >= 0.3 is 0 Å². The molecule has 0 unspecified atom stereocenters. The highest BCUT2D eigenvalue weighted by Crippen LogP contribution is 2.20. The van der Waals surface area contributed by atoms with Crippen molar-refractivity contribution in [2.45, 2.75) is 27.3 Å². The maximum absolute atomic E-state index is 12.9. The summed E-state index contributed by atoms with van der Waals surface area (Å²) in [4.78, 5) is 29.7. The number of aryl methyl sites for hydroxylation is 3. The van der Waals surface area contributed by atoms with Crippen LogP contribution in [-0.4, -0.2) is 25.2 Å². The van der Waals surface area contributed by atoms with Crippen LogP contribution >= 0.6 is 11.6 Å². The fourth-order valence-corrected chi connectivity index (χ4v) is 3.49. The van der Waals surface area contributed by atoms with E-state index in [-0.39, 0.29) is 18.0 Å². The van der Waals surface area contributed by atoms with E-state index in [0.29, 0.717) is 21.7 Å². The molecule has 152 valence electrons. The van der Waals surface area contributed by atoms with Gasteiger partial charge in [-0.2, -0.15) is 5.10 Å². The summed E-state index contributed by atoms with van der Waals surface area (Å²) in [5.74, 6) is -0.347. The third-order valence-corrected chi connectivity index (χ3v) is 5.31. The topological polar surface area (TPSA) is 81.8 Å². The summed E-state index contributed by atoms with van der Waals surface area (Å²) in [6, 6.07) is 11.2. The Bertz CT molecular complexity index is 1340. The maximum atomic E-state index is 12.9. The molecule has 0 fully saturated rings. The first-order valence-electron chi connectivity index (χ1n) is 9.40. The first-order chi connectivity index (χ1) is 14.3. The fraction of sp³-hybridized carbons (Fsp3) is 0.182. The largest absolute Gasteiger partial charge is 0.324 e. The Morgan fingerprint density at radius 3 is 2.63 bits per heavy atom. The van der Waals surface area contributed by atoms with E-state index in [4.69, 9.17) is 11.6 Å². The van der Waals surface area contributed by atoms with Gasteiger partial charge in [0.15, 0.2) is 5.65 Å². The molecule has 30 heavy (non-hydrogen) atoms. The van der Waals surface area contributed by atoms with Crippen molar-refractivity contribution >= 4 is 34.2 Å². The number of anilines is 1. The van der Waals surface area contributed by atoms with Crippen molar-refractivity contribution < 1.29 is 4.79 Å². The highest BCUT2D eigenvalue weighted by Gasteiger charge is 2.14. The number of carbonyl (C=O) groups excluding carboxylic acids is 1. The lowest BCUT2D eigenvalue weighted by molar-refractivity contribution is -0.116. The molecule has 0 bridgehead atoms. The Hall–Kier alpha value is -3.45. The van der Waals surface area contributed by atoms with E-state index in [1.807, 2.05) is 45.0 Å². The molecule has 2 aromatic carbocycles. The van der Waals surface area contributed by atoms with Gasteiger partial charge in [0.05, 0.1) is 11.9 Å². The molecule has 0 aliphatic heterocycles. The third kappa shape index (κ3) is 3.71. The molecule has 1 N–H and O–H groups in total. The number of halogens is 1. The lowest BCUT2D eigenvalue weighted by Crippen LogP contribution is -2.27. The molecule has 0 aliphatic rings. The average Bonchev–Trinajstić information content (AvgIpc) is 3.11. The van der Waals surface area contributed by atoms with Crippen LogP contribution in [0.3, 0.4) is 0 Å². The number of nitrogens with one attached hydrogen (secondary N) is 1. The summed E-state index contributed by atoms with van der Waals surface area (Å²) >= 11 is 6.09. The standard InChI is InChI=1S/C22H20ClN5O2/c1-13-4-7-19(15(3)8-13)28-21-17(10-25-28)22(30)27(12-24-21)11-20(29)26-16-6-5-14(2)18(23)9-16/h4-10,12H,11H2,1-3H3,(H,26,29). The van der Waals surface area contributed by atoms with Gasteiger partial charge in [0.25, 0.3) is 5.56 Å². The first-order valence-corrected chi connectivity index (χ1v) is 9.78. The van der Waals surface area contributed by atoms with Gasteiger partial charge in [-0.05, 0) is 50.1 Å². The molecule has 0 radical (unpaired) electrons. The minimum atomic E-state index is -0.347. The van der Waals surface area contributed by atoms with Crippen molar-refractivity contribution in [2.24, 2.45) is 0 Å². The average molecular weight is 422 g/mol. The van der Waals surface area contributed by atoms with Gasteiger partial charge in [-0.25, -0.2) is 9.67 Å². The normalized spacial score (nSPS) is 11.1. The van der Waals surface area contributed by atoms with Gasteiger partial charge in [-0.3, -0.25) is 14.2 Å². The van der Waals surface area contributed by atoms with Gasteiger partial charge in [-0.1, -0.05) is 35.4 Å². The molecule has 0 aliphatic carbocycles. The highest BCUT2D eigenvalue weighted by molar-refractivity contribution is 6.31. The third-order valence-electron chi connectivity index (χ3n) is 4.90. The van der Waals surface area contributed by atoms with Crippen molar-refractivity contribution in [3.05, 3.63) is 81.0 Å². The van der Waals surface area contributed by atoms with Crippen LogP contribution in [0.1, 0.15) is 16.7 Å². The SMILES string of the molecule is Cc1ccc(-n2ncc3c(=O)n(CC(=O)Nc4ccc(C)c(Cl)c4)cnc32)c(C)c1. The van der Waals surface area contributed by atoms with Crippen LogP contribution in [0.5, 0.6) is 0 Å². The van der Waals surface area contributed by atoms with Crippen LogP contribution in [-0.2, 0) is 11.3 Å². The minimum absolute atomic E-state index is 0.165. The maximum Gasteiger partial charge on any atom is 0.264 e. The smallest absolute Gasteiger partial charge is 0.264 e. The number of benzene rings is 2. The Kier molecular flexibility index (Phi) is 5.13. The molecule has 1 amide bonds. The summed E-state index contributed by atoms with van der Waals surface area (Å²) in [6.45, 7) is 5.72. The number of fused-ring (bicyclic) bond motifs is 1. The molecule has 0 spiro atoms. The van der Waals surface area contributed by atoms with Crippen LogP contribution in [0.4, 0.5) is 5.69 Å². The van der Waals surface area contributed by atoms with E-state index in [1.165, 1.54) is 17.1 Å². The monoisotopic (exact) mass is 421 g/mol. The minimum Gasteiger partial charge on any atom is -0.324 e. The number of hydrogen-bond donors (Lipinski definition) is 1. The molecular formula is C22H20ClN5O2. The number of aromatic nitrogens is 4. The fourth-order valence-electron chi connectivity index (χ4n) is 3.31. The van der Waals surface area contributed by atoms with Gasteiger partial charge < -0.3 is 5.32 Å². The summed E-state index contributed by atoms with van der Waals surface area (Å²) in [5, 5.41) is 8.01. The van der Waals surface area contributed by atoms with Crippen molar-refractivity contribution in [1.82, 2.24) is 19.3 Å². The van der Waals surface area contributed by atoms with Gasteiger partial charge in [0.2, 0.25) is 5.91 Å². The molecule has 0 saturated carbocycles. The van der Waals surface area contributed by atoms with E-state index in [0.717, 1.165) is 22.4 Å². The van der Waals surface area contributed by atoms with E-state index >= 15 is 0 Å². The summed E-state index contributed by atoms with van der Waals surface area (Å²) in [6.07, 6.45) is 2.85. The lowest BCUT2D eigenvalue weighted by atomic mass is 10.1. The number of carbonyl (C=O) groups is 1. The van der Waals surface area contributed by atoms with Crippen LogP contribution < -0.4 is 10.9 Å². The van der Waals surface area contributed by atoms with Crippen molar-refractivity contribution in [2.75, 3.05) is 5.32 Å².